The molecule has 5 heterocycles. The lowest BCUT2D eigenvalue weighted by atomic mass is 9.88. The molecule has 3 aliphatic rings. The Morgan fingerprint density at radius 2 is 2.03 bits per heavy atom. The summed E-state index contributed by atoms with van der Waals surface area (Å²) in [6.07, 6.45) is 14.8. The molecule has 0 amide bonds. The van der Waals surface area contributed by atoms with E-state index in [-0.39, 0.29) is 6.04 Å². The first-order valence-electron chi connectivity index (χ1n) is 12.1. The number of nitrogens with one attached hydrogen (secondary N) is 1. The van der Waals surface area contributed by atoms with Gasteiger partial charge in [0, 0.05) is 37.9 Å². The number of H-pyrrole nitrogens is 1. The Hall–Kier alpha value is -3.25. The molecule has 1 aromatic carbocycles. The molecule has 1 fully saturated rings. The number of para-hydroxylation sites is 2. The molecule has 0 aliphatic carbocycles. The van der Waals surface area contributed by atoms with Crippen LogP contribution in [0.3, 0.4) is 0 Å². The Morgan fingerprint density at radius 3 is 2.91 bits per heavy atom. The molecule has 2 aromatic heterocycles. The van der Waals surface area contributed by atoms with Crippen LogP contribution in [0.25, 0.3) is 11.0 Å². The van der Waals surface area contributed by atoms with Crippen LogP contribution in [0.4, 0.5) is 0 Å². The molecule has 3 aliphatic heterocycles. The number of aliphatic imine (C=N–C) groups is 1. The Kier molecular flexibility index (Phi) is 5.30. The Balaban J connectivity index is 1.30. The molecule has 6 heteroatoms. The summed E-state index contributed by atoms with van der Waals surface area (Å²) in [4.78, 5) is 23.3. The van der Waals surface area contributed by atoms with Crippen molar-refractivity contribution in [2.24, 2.45) is 4.99 Å². The van der Waals surface area contributed by atoms with Crippen molar-refractivity contribution in [3.05, 3.63) is 84.1 Å². The number of fused-ring (bicyclic) bond motifs is 2. The van der Waals surface area contributed by atoms with Gasteiger partial charge in [0.2, 0.25) is 0 Å². The molecular formula is C27H30N6. The Labute approximate surface area is 194 Å². The molecule has 1 unspecified atom stereocenters. The van der Waals surface area contributed by atoms with E-state index in [1.165, 1.54) is 24.1 Å². The van der Waals surface area contributed by atoms with Crippen molar-refractivity contribution in [2.45, 2.75) is 50.7 Å². The number of imidazole rings is 1. The number of aryl methyl sites for hydroxylation is 1. The molecule has 6 nitrogen and oxygen atoms in total. The van der Waals surface area contributed by atoms with E-state index in [2.05, 4.69) is 70.4 Å². The molecule has 3 atom stereocenters. The maximum absolute atomic E-state index is 5.14. The monoisotopic (exact) mass is 438 g/mol. The van der Waals surface area contributed by atoms with Gasteiger partial charge in [0.1, 0.15) is 11.7 Å². The van der Waals surface area contributed by atoms with Crippen LogP contribution >= 0.6 is 0 Å². The lowest BCUT2D eigenvalue weighted by Gasteiger charge is -2.44. The number of allylic oxidation sites excluding steroid dienone is 2. The van der Waals surface area contributed by atoms with Crippen molar-refractivity contribution >= 4 is 16.9 Å². The van der Waals surface area contributed by atoms with Gasteiger partial charge >= 0.3 is 0 Å². The molecule has 1 saturated heterocycles. The molecular weight excluding hydrogens is 408 g/mol. The van der Waals surface area contributed by atoms with E-state index in [1.807, 2.05) is 18.3 Å². The van der Waals surface area contributed by atoms with Gasteiger partial charge in [0.15, 0.2) is 0 Å². The predicted octanol–water partition coefficient (Wildman–Crippen LogP) is 4.57. The average Bonchev–Trinajstić information content (AvgIpc) is 3.47. The van der Waals surface area contributed by atoms with Crippen molar-refractivity contribution < 1.29 is 0 Å². The van der Waals surface area contributed by atoms with Crippen molar-refractivity contribution in [3.63, 3.8) is 0 Å². The average molecular weight is 439 g/mol. The van der Waals surface area contributed by atoms with Crippen molar-refractivity contribution in [3.8, 4) is 0 Å². The molecule has 0 radical (unpaired) electrons. The standard InChI is InChI=1S/C27H30N6/c1-19-8-7-15-28-27(19)24-12-6-11-23(22-18-32-16-5-4-13-26(32)31-22)33(24)17-14-25-29-20-9-2-3-10-21(20)30-25/h2-5,7-10,13,15-16,22-24H,6,11-12,14,17-18H2,1H3,(H,29,30)/t22?,23-,24+/m1/s1. The smallest absolute Gasteiger partial charge is 0.127 e. The molecule has 1 N–H and O–H groups in total. The second kappa shape index (κ2) is 8.60. The number of likely N-dealkylation sites (tertiary alicyclic amines) is 1. The van der Waals surface area contributed by atoms with Gasteiger partial charge in [-0.2, -0.15) is 0 Å². The van der Waals surface area contributed by atoms with Crippen LogP contribution in [0.2, 0.25) is 0 Å². The van der Waals surface area contributed by atoms with Gasteiger partial charge in [-0.25, -0.2) is 4.98 Å². The fourth-order valence-electron chi connectivity index (χ4n) is 5.68. The van der Waals surface area contributed by atoms with E-state index >= 15 is 0 Å². The van der Waals surface area contributed by atoms with Crippen LogP contribution in [0, 0.1) is 6.92 Å². The summed E-state index contributed by atoms with van der Waals surface area (Å²) in [6.45, 7) is 4.09. The third-order valence-electron chi connectivity index (χ3n) is 7.26. The molecule has 33 heavy (non-hydrogen) atoms. The zero-order valence-corrected chi connectivity index (χ0v) is 19.1. The maximum atomic E-state index is 5.14. The molecule has 6 rings (SSSR count). The highest BCUT2D eigenvalue weighted by Gasteiger charge is 2.40. The second-order valence-electron chi connectivity index (χ2n) is 9.32. The van der Waals surface area contributed by atoms with Crippen LogP contribution in [-0.2, 0) is 6.42 Å². The summed E-state index contributed by atoms with van der Waals surface area (Å²) in [5, 5.41) is 0. The number of amidine groups is 1. The normalized spacial score (nSPS) is 24.9. The first-order chi connectivity index (χ1) is 16.3. The number of pyridine rings is 1. The largest absolute Gasteiger partial charge is 0.342 e. The fraction of sp³-hybridized carbons (Fsp3) is 0.370. The number of aromatic nitrogens is 3. The minimum Gasteiger partial charge on any atom is -0.342 e. The summed E-state index contributed by atoms with van der Waals surface area (Å²) in [5.41, 5.74) is 4.64. The zero-order chi connectivity index (χ0) is 22.2. The van der Waals surface area contributed by atoms with Gasteiger partial charge in [-0.1, -0.05) is 24.3 Å². The zero-order valence-electron chi connectivity index (χ0n) is 19.1. The van der Waals surface area contributed by atoms with Crippen LogP contribution in [-0.4, -0.2) is 55.8 Å². The Morgan fingerprint density at radius 1 is 1.09 bits per heavy atom. The topological polar surface area (TPSA) is 60.4 Å². The van der Waals surface area contributed by atoms with Gasteiger partial charge in [0.05, 0.1) is 28.8 Å². The summed E-state index contributed by atoms with van der Waals surface area (Å²) in [6, 6.07) is 13.5. The third-order valence-corrected chi connectivity index (χ3v) is 7.26. The molecule has 0 bridgehead atoms. The van der Waals surface area contributed by atoms with E-state index in [1.54, 1.807) is 0 Å². The number of piperidine rings is 1. The van der Waals surface area contributed by atoms with Gasteiger partial charge in [-0.3, -0.25) is 14.9 Å². The van der Waals surface area contributed by atoms with E-state index in [0.29, 0.717) is 12.1 Å². The minimum absolute atomic E-state index is 0.273. The molecule has 3 aromatic rings. The van der Waals surface area contributed by atoms with E-state index < -0.39 is 0 Å². The molecule has 0 spiro atoms. The lowest BCUT2D eigenvalue weighted by Crippen LogP contribution is -2.50. The first kappa shape index (κ1) is 20.4. The van der Waals surface area contributed by atoms with Gasteiger partial charge < -0.3 is 9.88 Å². The maximum Gasteiger partial charge on any atom is 0.127 e. The Bertz CT molecular complexity index is 1210. The number of hydrogen-bond donors (Lipinski definition) is 1. The summed E-state index contributed by atoms with van der Waals surface area (Å²) in [7, 11) is 0. The first-order valence-corrected chi connectivity index (χ1v) is 12.1. The van der Waals surface area contributed by atoms with Crippen molar-refractivity contribution in [1.82, 2.24) is 24.8 Å². The van der Waals surface area contributed by atoms with E-state index in [9.17, 15) is 0 Å². The minimum atomic E-state index is 0.273. The highest BCUT2D eigenvalue weighted by Crippen LogP contribution is 2.38. The second-order valence-corrected chi connectivity index (χ2v) is 9.32. The van der Waals surface area contributed by atoms with Gasteiger partial charge in [-0.05, 0) is 62.1 Å². The van der Waals surface area contributed by atoms with Gasteiger partial charge in [-0.15, -0.1) is 0 Å². The van der Waals surface area contributed by atoms with Gasteiger partial charge in [0.25, 0.3) is 0 Å². The van der Waals surface area contributed by atoms with Crippen molar-refractivity contribution in [1.29, 1.82) is 0 Å². The van der Waals surface area contributed by atoms with E-state index in [4.69, 9.17) is 15.0 Å². The quantitative estimate of drug-likeness (QED) is 0.634. The summed E-state index contributed by atoms with van der Waals surface area (Å²) < 4.78 is 0. The number of rotatable bonds is 5. The number of nitrogens with zero attached hydrogens (tertiary/aromatic N) is 5. The fourth-order valence-corrected chi connectivity index (χ4v) is 5.68. The third kappa shape index (κ3) is 3.89. The SMILES string of the molecule is Cc1cccnc1[C@@H]1CCC[C@H](C2CN3C=CC=CC3=N2)N1CCc1nc2ccccc2[nH]1. The van der Waals surface area contributed by atoms with Crippen molar-refractivity contribution in [2.75, 3.05) is 13.1 Å². The highest BCUT2D eigenvalue weighted by molar-refractivity contribution is 5.96. The van der Waals surface area contributed by atoms with E-state index in [0.717, 1.165) is 48.6 Å². The summed E-state index contributed by atoms with van der Waals surface area (Å²) in [5.74, 6) is 2.15. The summed E-state index contributed by atoms with van der Waals surface area (Å²) >= 11 is 0. The van der Waals surface area contributed by atoms with Crippen LogP contribution < -0.4 is 0 Å². The molecule has 0 saturated carbocycles. The number of aromatic amines is 1. The predicted molar refractivity (Wildman–Crippen MR) is 132 cm³/mol. The highest BCUT2D eigenvalue weighted by atomic mass is 15.3. The van der Waals surface area contributed by atoms with Crippen LogP contribution in [0.15, 0.2) is 72.0 Å². The number of benzene rings is 1. The molecule has 168 valence electrons. The van der Waals surface area contributed by atoms with Crippen LogP contribution in [0.5, 0.6) is 0 Å². The van der Waals surface area contributed by atoms with Crippen LogP contribution in [0.1, 0.15) is 42.4 Å². The number of hydrogen-bond acceptors (Lipinski definition) is 5. The lowest BCUT2D eigenvalue weighted by molar-refractivity contribution is 0.0650.